The van der Waals surface area contributed by atoms with Crippen LogP contribution in [0.15, 0.2) is 98.1 Å². The fourth-order valence-corrected chi connectivity index (χ4v) is 3.46. The van der Waals surface area contributed by atoms with Crippen LogP contribution in [0.1, 0.15) is 13.3 Å². The maximum absolute atomic E-state index is 5.48. The van der Waals surface area contributed by atoms with Crippen molar-refractivity contribution in [3.8, 4) is 22.3 Å². The number of hydrogen-bond donors (Lipinski definition) is 0. The van der Waals surface area contributed by atoms with Crippen LogP contribution in [0.25, 0.3) is 22.3 Å². The number of nitrogens with zero attached hydrogens (tertiary/aromatic N) is 4. The van der Waals surface area contributed by atoms with Crippen molar-refractivity contribution < 1.29 is 51.9 Å². The first-order chi connectivity index (χ1) is 16.7. The van der Waals surface area contributed by atoms with Crippen LogP contribution in [-0.2, 0) is 10.9 Å². The van der Waals surface area contributed by atoms with Crippen LogP contribution >= 0.6 is 32.2 Å². The molecule has 4 rings (SSSR count). The lowest BCUT2D eigenvalue weighted by atomic mass is 10.1. The molecule has 6 nitrogen and oxygen atoms in total. The van der Waals surface area contributed by atoms with Crippen molar-refractivity contribution in [2.45, 2.75) is 13.3 Å². The molecule has 4 aromatic heterocycles. The van der Waals surface area contributed by atoms with Crippen molar-refractivity contribution >= 4 is 32.2 Å². The zero-order chi connectivity index (χ0) is 24.4. The Morgan fingerprint density at radius 3 is 1.47 bits per heavy atom. The van der Waals surface area contributed by atoms with Crippen LogP contribution in [0.3, 0.4) is 0 Å². The maximum Gasteiger partial charge on any atom is 0.223 e. The summed E-state index contributed by atoms with van der Waals surface area (Å²) in [5, 5.41) is 0.887. The third-order valence-electron chi connectivity index (χ3n) is 4.41. The van der Waals surface area contributed by atoms with Gasteiger partial charge in [0.05, 0.1) is 22.9 Å². The predicted molar refractivity (Wildman–Crippen MR) is 141 cm³/mol. The van der Waals surface area contributed by atoms with E-state index in [2.05, 4.69) is 77.2 Å². The number of aromatic nitrogens is 4. The van der Waals surface area contributed by atoms with E-state index in [0.717, 1.165) is 25.0 Å². The molecule has 0 amide bonds. The molecule has 0 saturated heterocycles. The van der Waals surface area contributed by atoms with E-state index in [0.29, 0.717) is 0 Å². The van der Waals surface area contributed by atoms with Gasteiger partial charge in [-0.2, -0.15) is 0 Å². The molecular formula is C26H30Br4N4O2. The summed E-state index contributed by atoms with van der Waals surface area (Å²) in [5.74, 6) is 0. The lowest BCUT2D eigenvalue weighted by molar-refractivity contribution is -0.891. The van der Waals surface area contributed by atoms with E-state index in [9.17, 15) is 0 Å². The summed E-state index contributed by atoms with van der Waals surface area (Å²) in [6.45, 7) is 3.56. The molecule has 0 spiro atoms. The highest BCUT2D eigenvalue weighted by Gasteiger charge is 2.04. The summed E-state index contributed by atoms with van der Waals surface area (Å²) in [4.78, 5) is 13.4. The molecule has 0 bridgehead atoms. The standard InChI is InChI=1S/C14H18N2O.C10H8N2.C2H4Br2O.2BrH/c1-3-12-17-16-10-6-14(7-11-16)13-4-8-15(2)9-5-13;1-5-11-6-2-9(1)10-3-7-12-8-4-10;3-1-2-5-4;;/h4-11H,3,12H2,1-2H3;1-8H;1-2H2;2*1H/q+2;;;;/p-2. The van der Waals surface area contributed by atoms with Gasteiger partial charge in [-0.25, -0.2) is 4.57 Å². The lowest BCUT2D eigenvalue weighted by Crippen LogP contribution is -3.00. The highest BCUT2D eigenvalue weighted by molar-refractivity contribution is 9.09. The fraction of sp³-hybridized carbons (Fsp3) is 0.231. The minimum Gasteiger partial charge on any atom is -1.00 e. The lowest BCUT2D eigenvalue weighted by Gasteiger charge is -1.99. The van der Waals surface area contributed by atoms with E-state index in [-0.39, 0.29) is 34.0 Å². The molecule has 4 aromatic rings. The number of rotatable bonds is 7. The van der Waals surface area contributed by atoms with Crippen molar-refractivity contribution in [1.29, 1.82) is 0 Å². The molecule has 0 N–H and O–H groups in total. The largest absolute Gasteiger partial charge is 1.00 e. The minimum absolute atomic E-state index is 0. The van der Waals surface area contributed by atoms with Gasteiger partial charge in [0.1, 0.15) is 7.05 Å². The molecule has 0 fully saturated rings. The van der Waals surface area contributed by atoms with Gasteiger partial charge in [0.25, 0.3) is 0 Å². The van der Waals surface area contributed by atoms with E-state index < -0.39 is 0 Å². The van der Waals surface area contributed by atoms with Gasteiger partial charge in [-0.1, -0.05) is 22.9 Å². The van der Waals surface area contributed by atoms with E-state index in [1.807, 2.05) is 60.7 Å². The second kappa shape index (κ2) is 21.4. The Morgan fingerprint density at radius 2 is 1.11 bits per heavy atom. The molecule has 10 heteroatoms. The van der Waals surface area contributed by atoms with Gasteiger partial charge in [0, 0.05) is 59.1 Å². The summed E-state index contributed by atoms with van der Waals surface area (Å²) in [6, 6.07) is 16.3. The van der Waals surface area contributed by atoms with E-state index in [4.69, 9.17) is 4.84 Å². The molecule has 194 valence electrons. The SMILES string of the molecule is BrCCOBr.CCCO[n+]1ccc(-c2cc[n+](C)cc2)cc1.[Br-].[Br-].c1cc(-c2ccncc2)ccn1. The molecule has 0 aliphatic carbocycles. The van der Waals surface area contributed by atoms with E-state index in [1.165, 1.54) is 22.3 Å². The summed E-state index contributed by atoms with van der Waals surface area (Å²) in [5.41, 5.74) is 4.76. The van der Waals surface area contributed by atoms with Gasteiger partial charge < -0.3 is 37.8 Å². The molecule has 36 heavy (non-hydrogen) atoms. The number of alkyl halides is 1. The Bertz CT molecular complexity index is 1000. The Kier molecular flexibility index (Phi) is 20.4. The van der Waals surface area contributed by atoms with Crippen LogP contribution in [0, 0.1) is 0 Å². The van der Waals surface area contributed by atoms with Crippen molar-refractivity contribution in [3.05, 3.63) is 98.1 Å². The normalized spacial score (nSPS) is 9.22. The van der Waals surface area contributed by atoms with Gasteiger partial charge in [0.15, 0.2) is 19.0 Å². The zero-order valence-corrected chi connectivity index (χ0v) is 26.5. The Balaban J connectivity index is 0.000000566. The van der Waals surface area contributed by atoms with Gasteiger partial charge >= 0.3 is 0 Å². The monoisotopic (exact) mass is 746 g/mol. The average Bonchev–Trinajstić information content (AvgIpc) is 2.90. The first kappa shape index (κ1) is 34.3. The van der Waals surface area contributed by atoms with Crippen LogP contribution < -0.4 is 48.1 Å². The summed E-state index contributed by atoms with van der Waals surface area (Å²) in [6.07, 6.45) is 16.1. The Hall–Kier alpha value is -1.72. The van der Waals surface area contributed by atoms with Crippen LogP contribution in [0.4, 0.5) is 0 Å². The van der Waals surface area contributed by atoms with Crippen LogP contribution in [0.2, 0.25) is 0 Å². The van der Waals surface area contributed by atoms with Gasteiger partial charge in [-0.05, 0) is 52.9 Å². The average molecular weight is 750 g/mol. The Labute approximate surface area is 251 Å². The first-order valence-electron chi connectivity index (χ1n) is 10.9. The summed E-state index contributed by atoms with van der Waals surface area (Å²) in [7, 11) is 2.02. The molecule has 0 atom stereocenters. The number of aryl methyl sites for hydroxylation is 1. The van der Waals surface area contributed by atoms with Gasteiger partial charge in [0.2, 0.25) is 12.4 Å². The third-order valence-corrected chi connectivity index (χ3v) is 5.05. The molecule has 0 saturated carbocycles. The summed E-state index contributed by atoms with van der Waals surface area (Å²) < 4.78 is 8.23. The fourth-order valence-electron chi connectivity index (χ4n) is 2.70. The van der Waals surface area contributed by atoms with Crippen LogP contribution in [0.5, 0.6) is 0 Å². The quantitative estimate of drug-likeness (QED) is 0.183. The second-order valence-electron chi connectivity index (χ2n) is 7.01. The number of halogens is 4. The number of pyridine rings is 4. The van der Waals surface area contributed by atoms with Crippen molar-refractivity contribution in [1.82, 2.24) is 9.97 Å². The highest BCUT2D eigenvalue weighted by Crippen LogP contribution is 2.16. The minimum atomic E-state index is 0. The van der Waals surface area contributed by atoms with Gasteiger partial charge in [-0.3, -0.25) is 14.8 Å². The molecule has 0 aliphatic heterocycles. The van der Waals surface area contributed by atoms with Crippen molar-refractivity contribution in [3.63, 3.8) is 0 Å². The number of hydrogen-bond acceptors (Lipinski definition) is 4. The Morgan fingerprint density at radius 1 is 0.694 bits per heavy atom. The molecular weight excluding hydrogens is 720 g/mol. The highest BCUT2D eigenvalue weighted by atomic mass is 79.9. The molecule has 0 radical (unpaired) electrons. The smallest absolute Gasteiger partial charge is 0.223 e. The predicted octanol–water partition coefficient (Wildman–Crippen LogP) is -0.836. The van der Waals surface area contributed by atoms with E-state index >= 15 is 0 Å². The second-order valence-corrected chi connectivity index (χ2v) is 8.26. The van der Waals surface area contributed by atoms with Crippen molar-refractivity contribution in [2.75, 3.05) is 18.5 Å². The third kappa shape index (κ3) is 13.5. The summed E-state index contributed by atoms with van der Waals surface area (Å²) >= 11 is 5.93. The van der Waals surface area contributed by atoms with E-state index in [1.54, 1.807) is 29.5 Å². The van der Waals surface area contributed by atoms with Crippen LogP contribution in [-0.4, -0.2) is 28.5 Å². The zero-order valence-electron chi connectivity index (χ0n) is 20.2. The molecule has 4 heterocycles. The maximum atomic E-state index is 5.48. The molecule has 0 aromatic carbocycles. The van der Waals surface area contributed by atoms with Crippen molar-refractivity contribution in [2.24, 2.45) is 7.05 Å². The topological polar surface area (TPSA) is 52.0 Å². The molecule has 0 aliphatic rings. The van der Waals surface area contributed by atoms with Gasteiger partial charge in [-0.15, -0.1) is 0 Å². The molecule has 0 unspecified atom stereocenters. The first-order valence-corrected chi connectivity index (χ1v) is 12.6.